The van der Waals surface area contributed by atoms with Crippen LogP contribution in [0, 0.1) is 0 Å². The minimum Gasteiger partial charge on any atom is -0.397 e. The van der Waals surface area contributed by atoms with E-state index in [1.807, 2.05) is 17.7 Å². The molecular weight excluding hydrogens is 252 g/mol. The van der Waals surface area contributed by atoms with Crippen LogP contribution in [0.25, 0.3) is 0 Å². The molecule has 2 unspecified atom stereocenters. The lowest BCUT2D eigenvalue weighted by molar-refractivity contribution is 0.0906. The van der Waals surface area contributed by atoms with Gasteiger partial charge in [-0.1, -0.05) is 6.42 Å². The molecule has 3 heterocycles. The molecule has 0 aromatic carbocycles. The van der Waals surface area contributed by atoms with E-state index in [-0.39, 0.29) is 5.91 Å². The van der Waals surface area contributed by atoms with Gasteiger partial charge in [0, 0.05) is 31.4 Å². The number of carbonyl (C=O) groups is 1. The number of piperidine rings is 1. The average molecular weight is 276 g/mol. The van der Waals surface area contributed by atoms with Gasteiger partial charge >= 0.3 is 0 Å². The lowest BCUT2D eigenvalue weighted by Crippen LogP contribution is -2.47. The molecule has 2 aliphatic rings. The van der Waals surface area contributed by atoms with Crippen LogP contribution in [0.15, 0.2) is 12.3 Å². The van der Waals surface area contributed by atoms with E-state index < -0.39 is 0 Å². The van der Waals surface area contributed by atoms with E-state index in [1.165, 1.54) is 25.8 Å². The number of amides is 1. The predicted molar refractivity (Wildman–Crippen MR) is 79.6 cm³/mol. The highest BCUT2D eigenvalue weighted by atomic mass is 16.2. The van der Waals surface area contributed by atoms with E-state index in [1.54, 1.807) is 6.07 Å². The first-order valence-corrected chi connectivity index (χ1v) is 7.69. The fraction of sp³-hybridized carbons (Fsp3) is 0.667. The molecule has 3 rings (SSSR count). The molecule has 2 aliphatic heterocycles. The van der Waals surface area contributed by atoms with Gasteiger partial charge in [-0.25, -0.2) is 0 Å². The lowest BCUT2D eigenvalue weighted by atomic mass is 9.99. The van der Waals surface area contributed by atoms with Gasteiger partial charge in [0.05, 0.1) is 5.69 Å². The topological polar surface area (TPSA) is 63.3 Å². The van der Waals surface area contributed by atoms with Crippen molar-refractivity contribution in [3.05, 3.63) is 18.0 Å². The summed E-state index contributed by atoms with van der Waals surface area (Å²) in [7, 11) is 0. The third-order valence-corrected chi connectivity index (χ3v) is 4.66. The zero-order chi connectivity index (χ0) is 14.1. The Hall–Kier alpha value is -1.49. The van der Waals surface area contributed by atoms with Crippen molar-refractivity contribution in [3.63, 3.8) is 0 Å². The molecule has 1 amide bonds. The minimum atomic E-state index is 0.0148. The normalized spacial score (nSPS) is 26.4. The van der Waals surface area contributed by atoms with Crippen LogP contribution in [0.2, 0.25) is 0 Å². The number of fused-ring (bicyclic) bond motifs is 1. The summed E-state index contributed by atoms with van der Waals surface area (Å²) in [5.41, 5.74) is 7.13. The second kappa shape index (κ2) is 5.48. The molecular formula is C15H24N4O. The highest BCUT2D eigenvalue weighted by Gasteiger charge is 2.36. The Morgan fingerprint density at radius 3 is 3.05 bits per heavy atom. The van der Waals surface area contributed by atoms with Crippen LogP contribution in [-0.2, 0) is 6.54 Å². The van der Waals surface area contributed by atoms with Gasteiger partial charge in [-0.05, 0) is 38.8 Å². The summed E-state index contributed by atoms with van der Waals surface area (Å²) in [6, 6.07) is 2.60. The zero-order valence-corrected chi connectivity index (χ0v) is 12.1. The number of hydrogen-bond acceptors (Lipinski definition) is 3. The Balaban J connectivity index is 1.69. The summed E-state index contributed by atoms with van der Waals surface area (Å²) >= 11 is 0. The minimum absolute atomic E-state index is 0.0148. The van der Waals surface area contributed by atoms with Crippen molar-refractivity contribution in [2.75, 3.05) is 18.8 Å². The molecule has 2 saturated heterocycles. The summed E-state index contributed by atoms with van der Waals surface area (Å²) in [6.07, 6.45) is 6.69. The average Bonchev–Trinajstić information content (AvgIpc) is 3.03. The van der Waals surface area contributed by atoms with Gasteiger partial charge in [0.2, 0.25) is 0 Å². The van der Waals surface area contributed by atoms with Crippen molar-refractivity contribution in [1.82, 2.24) is 14.8 Å². The molecule has 0 spiro atoms. The Morgan fingerprint density at radius 2 is 2.25 bits per heavy atom. The molecule has 20 heavy (non-hydrogen) atoms. The number of nitrogens with zero attached hydrogens (tertiary/aromatic N) is 2. The fourth-order valence-electron chi connectivity index (χ4n) is 3.64. The first kappa shape index (κ1) is 13.5. The SMILES string of the molecule is CCn1cc(N)cc1C(=O)NC1CCN2CCCCC12. The molecule has 0 saturated carbocycles. The van der Waals surface area contributed by atoms with E-state index in [0.717, 1.165) is 19.5 Å². The van der Waals surface area contributed by atoms with Gasteiger partial charge in [0.1, 0.15) is 5.69 Å². The van der Waals surface area contributed by atoms with E-state index in [2.05, 4.69) is 10.2 Å². The number of nitrogen functional groups attached to an aromatic ring is 1. The molecule has 5 nitrogen and oxygen atoms in total. The van der Waals surface area contributed by atoms with Crippen molar-refractivity contribution in [3.8, 4) is 0 Å². The molecule has 0 aliphatic carbocycles. The van der Waals surface area contributed by atoms with E-state index in [0.29, 0.717) is 23.5 Å². The standard InChI is InChI=1S/C15H24N4O/c1-2-18-10-11(16)9-14(18)15(20)17-12-6-8-19-7-4-3-5-13(12)19/h9-10,12-13H,2-8,16H2,1H3,(H,17,20). The summed E-state index contributed by atoms with van der Waals surface area (Å²) in [5, 5.41) is 3.23. The molecule has 5 heteroatoms. The smallest absolute Gasteiger partial charge is 0.268 e. The Morgan fingerprint density at radius 1 is 1.40 bits per heavy atom. The van der Waals surface area contributed by atoms with Crippen molar-refractivity contribution >= 4 is 11.6 Å². The monoisotopic (exact) mass is 276 g/mol. The maximum absolute atomic E-state index is 12.5. The van der Waals surface area contributed by atoms with Gasteiger partial charge in [0.25, 0.3) is 5.91 Å². The second-order valence-electron chi connectivity index (χ2n) is 5.91. The molecule has 3 N–H and O–H groups in total. The molecule has 2 atom stereocenters. The number of rotatable bonds is 3. The quantitative estimate of drug-likeness (QED) is 0.878. The van der Waals surface area contributed by atoms with Crippen LogP contribution in [-0.4, -0.2) is 40.5 Å². The zero-order valence-electron chi connectivity index (χ0n) is 12.1. The number of nitrogens with one attached hydrogen (secondary N) is 1. The largest absolute Gasteiger partial charge is 0.397 e. The van der Waals surface area contributed by atoms with E-state index in [9.17, 15) is 4.79 Å². The van der Waals surface area contributed by atoms with Crippen LogP contribution in [0.4, 0.5) is 5.69 Å². The highest BCUT2D eigenvalue weighted by Crippen LogP contribution is 2.27. The predicted octanol–water partition coefficient (Wildman–Crippen LogP) is 1.45. The molecule has 0 bridgehead atoms. The first-order valence-electron chi connectivity index (χ1n) is 7.69. The summed E-state index contributed by atoms with van der Waals surface area (Å²) in [6.45, 7) is 5.09. The van der Waals surface area contributed by atoms with E-state index >= 15 is 0 Å². The fourth-order valence-corrected chi connectivity index (χ4v) is 3.64. The van der Waals surface area contributed by atoms with Crippen LogP contribution in [0.3, 0.4) is 0 Å². The van der Waals surface area contributed by atoms with Gasteiger partial charge in [-0.2, -0.15) is 0 Å². The van der Waals surface area contributed by atoms with Crippen molar-refractivity contribution in [2.24, 2.45) is 0 Å². The second-order valence-corrected chi connectivity index (χ2v) is 5.91. The third-order valence-electron chi connectivity index (χ3n) is 4.66. The summed E-state index contributed by atoms with van der Waals surface area (Å²) < 4.78 is 1.91. The number of aryl methyl sites for hydroxylation is 1. The summed E-state index contributed by atoms with van der Waals surface area (Å²) in [5.74, 6) is 0.0148. The van der Waals surface area contributed by atoms with E-state index in [4.69, 9.17) is 5.73 Å². The number of nitrogens with two attached hydrogens (primary N) is 1. The molecule has 0 radical (unpaired) electrons. The van der Waals surface area contributed by atoms with Crippen LogP contribution < -0.4 is 11.1 Å². The number of hydrogen-bond donors (Lipinski definition) is 2. The summed E-state index contributed by atoms with van der Waals surface area (Å²) in [4.78, 5) is 15.0. The molecule has 1 aromatic heterocycles. The Bertz CT molecular complexity index is 496. The number of anilines is 1. The first-order chi connectivity index (χ1) is 9.69. The third kappa shape index (κ3) is 2.42. The molecule has 2 fully saturated rings. The van der Waals surface area contributed by atoms with Gasteiger partial charge in [0.15, 0.2) is 0 Å². The number of aromatic nitrogens is 1. The molecule has 1 aromatic rings. The number of carbonyl (C=O) groups excluding carboxylic acids is 1. The van der Waals surface area contributed by atoms with Gasteiger partial charge < -0.3 is 15.6 Å². The lowest BCUT2D eigenvalue weighted by Gasteiger charge is -2.32. The maximum Gasteiger partial charge on any atom is 0.268 e. The van der Waals surface area contributed by atoms with Crippen LogP contribution >= 0.6 is 0 Å². The van der Waals surface area contributed by atoms with Crippen LogP contribution in [0.1, 0.15) is 43.1 Å². The highest BCUT2D eigenvalue weighted by molar-refractivity contribution is 5.94. The van der Waals surface area contributed by atoms with Crippen LogP contribution in [0.5, 0.6) is 0 Å². The van der Waals surface area contributed by atoms with Gasteiger partial charge in [-0.3, -0.25) is 9.69 Å². The van der Waals surface area contributed by atoms with Crippen molar-refractivity contribution in [1.29, 1.82) is 0 Å². The van der Waals surface area contributed by atoms with Gasteiger partial charge in [-0.15, -0.1) is 0 Å². The maximum atomic E-state index is 12.5. The Labute approximate surface area is 120 Å². The van der Waals surface area contributed by atoms with Crippen molar-refractivity contribution < 1.29 is 4.79 Å². The van der Waals surface area contributed by atoms with Crippen molar-refractivity contribution in [2.45, 2.75) is 51.2 Å². The molecule has 110 valence electrons. The Kier molecular flexibility index (Phi) is 3.70.